The molecule has 3 aliphatic rings. The number of fused-ring (bicyclic) bond motifs is 4. The summed E-state index contributed by atoms with van der Waals surface area (Å²) >= 11 is 6.11. The average Bonchev–Trinajstić information content (AvgIpc) is 3.17. The van der Waals surface area contributed by atoms with E-state index in [0.717, 1.165) is 54.4 Å². The summed E-state index contributed by atoms with van der Waals surface area (Å²) in [6.45, 7) is 9.02. The molecule has 1 spiro atoms. The highest BCUT2D eigenvalue weighted by molar-refractivity contribution is 6.30. The third kappa shape index (κ3) is 3.13. The molecule has 1 fully saturated rings. The normalized spacial score (nSPS) is 28.2. The van der Waals surface area contributed by atoms with E-state index in [0.29, 0.717) is 6.04 Å². The summed E-state index contributed by atoms with van der Waals surface area (Å²) in [5.41, 5.74) is 4.43. The Morgan fingerprint density at radius 1 is 1.14 bits per heavy atom. The van der Waals surface area contributed by atoms with Crippen LogP contribution in [0.1, 0.15) is 55.8 Å². The van der Waals surface area contributed by atoms with Gasteiger partial charge in [0.05, 0.1) is 43.7 Å². The molecule has 5 rings (SSSR count). The minimum atomic E-state index is -0.337. The summed E-state index contributed by atoms with van der Waals surface area (Å²) in [7, 11) is 0. The first kappa shape index (κ1) is 19.0. The lowest BCUT2D eigenvalue weighted by molar-refractivity contribution is -0.929. The molecule has 2 aromatic carbocycles. The summed E-state index contributed by atoms with van der Waals surface area (Å²) in [6, 6.07) is 15.5. The Hall–Kier alpha value is -2.04. The second-order valence-electron chi connectivity index (χ2n) is 8.97. The van der Waals surface area contributed by atoms with Gasteiger partial charge in [0.1, 0.15) is 5.75 Å². The first-order chi connectivity index (χ1) is 14.0. The smallest absolute Gasteiger partial charge is 0.208 e. The molecular formula is C24H29ClN3O+. The van der Waals surface area contributed by atoms with E-state index >= 15 is 0 Å². The molecule has 29 heavy (non-hydrogen) atoms. The van der Waals surface area contributed by atoms with Gasteiger partial charge in [-0.2, -0.15) is 5.10 Å². The molecule has 0 radical (unpaired) electrons. The average molecular weight is 411 g/mol. The highest BCUT2D eigenvalue weighted by atomic mass is 35.5. The van der Waals surface area contributed by atoms with Crippen LogP contribution < -0.4 is 9.64 Å². The number of nitrogens with one attached hydrogen (secondary N) is 1. The minimum absolute atomic E-state index is 0.241. The fraction of sp³-hybridized carbons (Fsp3) is 0.458. The summed E-state index contributed by atoms with van der Waals surface area (Å²) < 4.78 is 6.82. The summed E-state index contributed by atoms with van der Waals surface area (Å²) in [5, 5.41) is 8.22. The maximum absolute atomic E-state index is 6.82. The van der Waals surface area contributed by atoms with Crippen LogP contribution in [0.25, 0.3) is 0 Å². The van der Waals surface area contributed by atoms with Crippen LogP contribution >= 0.6 is 11.6 Å². The number of halogens is 1. The highest BCUT2D eigenvalue weighted by Crippen LogP contribution is 2.50. The van der Waals surface area contributed by atoms with Gasteiger partial charge in [-0.3, -0.25) is 0 Å². The molecule has 5 heteroatoms. The predicted octanol–water partition coefficient (Wildman–Crippen LogP) is 3.98. The molecule has 0 aliphatic carbocycles. The molecule has 1 atom stereocenters. The zero-order chi connectivity index (χ0) is 20.2. The van der Waals surface area contributed by atoms with Crippen molar-refractivity contribution >= 4 is 17.3 Å². The number of rotatable bonds is 2. The number of ether oxygens (including phenoxy) is 1. The predicted molar refractivity (Wildman–Crippen MR) is 117 cm³/mol. The molecule has 0 amide bonds. The molecule has 2 aromatic rings. The second-order valence-corrected chi connectivity index (χ2v) is 9.41. The molecule has 152 valence electrons. The van der Waals surface area contributed by atoms with Crippen LogP contribution in [0, 0.1) is 6.92 Å². The number of likely N-dealkylation sites (tertiary alicyclic amines) is 1. The molecule has 0 bridgehead atoms. The van der Waals surface area contributed by atoms with Crippen LogP contribution in [0.2, 0.25) is 5.02 Å². The van der Waals surface area contributed by atoms with Crippen molar-refractivity contribution in [2.24, 2.45) is 5.10 Å². The maximum Gasteiger partial charge on any atom is 0.208 e. The van der Waals surface area contributed by atoms with Gasteiger partial charge < -0.3 is 9.64 Å². The lowest BCUT2D eigenvalue weighted by Gasteiger charge is -2.50. The zero-order valence-electron chi connectivity index (χ0n) is 17.4. The van der Waals surface area contributed by atoms with Gasteiger partial charge in [-0.05, 0) is 44.0 Å². The van der Waals surface area contributed by atoms with Gasteiger partial charge in [0.25, 0.3) is 0 Å². The van der Waals surface area contributed by atoms with Crippen LogP contribution in [-0.4, -0.2) is 35.6 Å². The number of hydrogen-bond donors (Lipinski definition) is 1. The first-order valence-corrected chi connectivity index (χ1v) is 11.1. The van der Waals surface area contributed by atoms with Crippen LogP contribution in [0.15, 0.2) is 47.6 Å². The van der Waals surface area contributed by atoms with Crippen molar-refractivity contribution in [1.82, 2.24) is 5.01 Å². The summed E-state index contributed by atoms with van der Waals surface area (Å²) in [4.78, 5) is 1.66. The van der Waals surface area contributed by atoms with E-state index in [1.54, 1.807) is 4.90 Å². The number of aryl methyl sites for hydroxylation is 1. The fourth-order valence-electron chi connectivity index (χ4n) is 5.13. The van der Waals surface area contributed by atoms with E-state index in [1.165, 1.54) is 11.1 Å². The van der Waals surface area contributed by atoms with Gasteiger partial charge in [0, 0.05) is 17.0 Å². The largest absolute Gasteiger partial charge is 0.465 e. The highest BCUT2D eigenvalue weighted by Gasteiger charge is 2.53. The number of hydrogen-bond acceptors (Lipinski definition) is 3. The lowest BCUT2D eigenvalue weighted by Crippen LogP contribution is -3.16. The SMILES string of the molecule is Cc1cccc2c1OC1(CC[NH+](C(C)C)CC1)N1N=C(c3ccc(Cl)cc3)C[C@H]21. The van der Waals surface area contributed by atoms with Crippen molar-refractivity contribution in [3.63, 3.8) is 0 Å². The monoisotopic (exact) mass is 410 g/mol. The third-order valence-electron chi connectivity index (χ3n) is 6.89. The van der Waals surface area contributed by atoms with E-state index in [-0.39, 0.29) is 11.8 Å². The lowest BCUT2D eigenvalue weighted by atomic mass is 9.89. The molecule has 3 aliphatic heterocycles. The van der Waals surface area contributed by atoms with Crippen molar-refractivity contribution < 1.29 is 9.64 Å². The number of quaternary nitrogens is 1. The Balaban J connectivity index is 1.55. The number of hydrazone groups is 1. The Morgan fingerprint density at radius 3 is 2.55 bits per heavy atom. The Kier molecular flexibility index (Phi) is 4.60. The van der Waals surface area contributed by atoms with E-state index in [1.807, 2.05) is 12.1 Å². The van der Waals surface area contributed by atoms with E-state index in [4.69, 9.17) is 21.4 Å². The van der Waals surface area contributed by atoms with Gasteiger partial charge in [-0.1, -0.05) is 41.9 Å². The van der Waals surface area contributed by atoms with Gasteiger partial charge in [0.15, 0.2) is 0 Å². The second kappa shape index (κ2) is 7.03. The zero-order valence-corrected chi connectivity index (χ0v) is 18.2. The van der Waals surface area contributed by atoms with Crippen molar-refractivity contribution in [1.29, 1.82) is 0 Å². The standard InChI is InChI=1S/C24H28ClN3O/c1-16(2)27-13-11-24(12-14-27)28-22(20-6-4-5-17(3)23(20)29-24)15-21(26-28)18-7-9-19(25)10-8-18/h4-10,16,22H,11-15H2,1-3H3/p+1/t22-/m1/s1. The van der Waals surface area contributed by atoms with Gasteiger partial charge >= 0.3 is 0 Å². The van der Waals surface area contributed by atoms with Gasteiger partial charge in [-0.15, -0.1) is 0 Å². The minimum Gasteiger partial charge on any atom is -0.465 e. The van der Waals surface area contributed by atoms with Crippen molar-refractivity contribution in [3.8, 4) is 5.75 Å². The molecule has 0 aromatic heterocycles. The quantitative estimate of drug-likeness (QED) is 0.811. The van der Waals surface area contributed by atoms with Crippen LogP contribution in [0.3, 0.4) is 0 Å². The van der Waals surface area contributed by atoms with Crippen LogP contribution in [-0.2, 0) is 0 Å². The van der Waals surface area contributed by atoms with E-state index in [9.17, 15) is 0 Å². The Morgan fingerprint density at radius 2 is 1.86 bits per heavy atom. The third-order valence-corrected chi connectivity index (χ3v) is 7.14. The molecular weight excluding hydrogens is 382 g/mol. The molecule has 0 saturated carbocycles. The number of nitrogens with zero attached hydrogens (tertiary/aromatic N) is 2. The van der Waals surface area contributed by atoms with Crippen molar-refractivity contribution in [2.45, 2.75) is 57.8 Å². The molecule has 0 unspecified atom stereocenters. The summed E-state index contributed by atoms with van der Waals surface area (Å²) in [6.07, 6.45) is 2.91. The fourth-order valence-corrected chi connectivity index (χ4v) is 5.25. The topological polar surface area (TPSA) is 29.3 Å². The number of piperidine rings is 1. The Labute approximate surface area is 178 Å². The van der Waals surface area contributed by atoms with Crippen molar-refractivity contribution in [3.05, 3.63) is 64.2 Å². The molecule has 1 N–H and O–H groups in total. The van der Waals surface area contributed by atoms with Crippen LogP contribution in [0.4, 0.5) is 0 Å². The van der Waals surface area contributed by atoms with Gasteiger partial charge in [-0.25, -0.2) is 5.01 Å². The number of benzene rings is 2. The summed E-state index contributed by atoms with van der Waals surface area (Å²) in [5.74, 6) is 1.08. The maximum atomic E-state index is 6.82. The molecule has 3 heterocycles. The van der Waals surface area contributed by atoms with Gasteiger partial charge in [0.2, 0.25) is 5.72 Å². The molecule has 1 saturated heterocycles. The Bertz CT molecular complexity index is 945. The van der Waals surface area contributed by atoms with Crippen LogP contribution in [0.5, 0.6) is 5.75 Å². The first-order valence-electron chi connectivity index (χ1n) is 10.7. The van der Waals surface area contributed by atoms with E-state index < -0.39 is 0 Å². The van der Waals surface area contributed by atoms with E-state index in [2.05, 4.69) is 56.1 Å². The molecule has 4 nitrogen and oxygen atoms in total. The number of para-hydroxylation sites is 1. The van der Waals surface area contributed by atoms with Crippen molar-refractivity contribution in [2.75, 3.05) is 13.1 Å².